The monoisotopic (exact) mass is 253 g/mol. The van der Waals surface area contributed by atoms with E-state index in [-0.39, 0.29) is 23.6 Å². The standard InChI is InChI=1S/C8H8ClN7O/c9-5-1-6(12-3-11-5)14-7(17)2-16-4-13-8(10)15-16/h1,3-4H,2H2,(H2,10,15)(H,11,12,14,17). The molecule has 2 aromatic heterocycles. The zero-order valence-corrected chi connectivity index (χ0v) is 9.29. The second kappa shape index (κ2) is 4.74. The summed E-state index contributed by atoms with van der Waals surface area (Å²) in [5.74, 6) is 0.121. The van der Waals surface area contributed by atoms with Gasteiger partial charge in [0, 0.05) is 6.07 Å². The molecule has 0 radical (unpaired) electrons. The predicted octanol–water partition coefficient (Wildman–Crippen LogP) is -0.0576. The highest BCUT2D eigenvalue weighted by atomic mass is 35.5. The first-order chi connectivity index (χ1) is 8.13. The molecule has 2 rings (SSSR count). The Labute approximate surface area is 101 Å². The molecule has 8 nitrogen and oxygen atoms in total. The lowest BCUT2D eigenvalue weighted by atomic mass is 10.5. The fourth-order valence-electron chi connectivity index (χ4n) is 1.12. The van der Waals surface area contributed by atoms with Crippen LogP contribution in [0.5, 0.6) is 0 Å². The minimum absolute atomic E-state index is 0.00811. The second-order valence-corrected chi connectivity index (χ2v) is 3.46. The maximum Gasteiger partial charge on any atom is 0.247 e. The summed E-state index contributed by atoms with van der Waals surface area (Å²) in [7, 11) is 0. The van der Waals surface area contributed by atoms with Crippen LogP contribution >= 0.6 is 11.6 Å². The first-order valence-corrected chi connectivity index (χ1v) is 4.93. The van der Waals surface area contributed by atoms with Gasteiger partial charge in [0.15, 0.2) is 0 Å². The number of rotatable bonds is 3. The van der Waals surface area contributed by atoms with Crippen molar-refractivity contribution in [1.29, 1.82) is 0 Å². The van der Waals surface area contributed by atoms with E-state index in [9.17, 15) is 4.79 Å². The molecule has 0 fully saturated rings. The van der Waals surface area contributed by atoms with E-state index in [0.717, 1.165) is 0 Å². The lowest BCUT2D eigenvalue weighted by molar-refractivity contribution is -0.116. The molecule has 0 unspecified atom stereocenters. The van der Waals surface area contributed by atoms with E-state index in [1.807, 2.05) is 0 Å². The summed E-state index contributed by atoms with van der Waals surface area (Å²) in [4.78, 5) is 22.8. The Kier molecular flexibility index (Phi) is 3.15. The van der Waals surface area contributed by atoms with Crippen LogP contribution in [0.25, 0.3) is 0 Å². The minimum Gasteiger partial charge on any atom is -0.367 e. The molecule has 1 amide bonds. The van der Waals surface area contributed by atoms with Crippen molar-refractivity contribution >= 4 is 29.3 Å². The van der Waals surface area contributed by atoms with Crippen molar-refractivity contribution < 1.29 is 4.79 Å². The van der Waals surface area contributed by atoms with E-state index >= 15 is 0 Å². The van der Waals surface area contributed by atoms with Gasteiger partial charge in [-0.2, -0.15) is 0 Å². The average Bonchev–Trinajstić information content (AvgIpc) is 2.63. The zero-order valence-electron chi connectivity index (χ0n) is 8.54. The van der Waals surface area contributed by atoms with Crippen LogP contribution in [0.4, 0.5) is 11.8 Å². The van der Waals surface area contributed by atoms with E-state index in [1.165, 1.54) is 23.4 Å². The molecule has 0 atom stereocenters. The third-order valence-electron chi connectivity index (χ3n) is 1.76. The van der Waals surface area contributed by atoms with Gasteiger partial charge in [0.05, 0.1) is 0 Å². The van der Waals surface area contributed by atoms with Crippen LogP contribution in [0.15, 0.2) is 18.7 Å². The summed E-state index contributed by atoms with van der Waals surface area (Å²) in [5, 5.41) is 6.56. The Hall–Kier alpha value is -2.22. The summed E-state index contributed by atoms with van der Waals surface area (Å²) >= 11 is 5.65. The molecule has 0 aliphatic carbocycles. The highest BCUT2D eigenvalue weighted by Gasteiger charge is 2.06. The Morgan fingerprint density at radius 1 is 1.47 bits per heavy atom. The number of halogens is 1. The second-order valence-electron chi connectivity index (χ2n) is 3.07. The number of hydrogen-bond acceptors (Lipinski definition) is 6. The molecule has 88 valence electrons. The summed E-state index contributed by atoms with van der Waals surface area (Å²) in [6, 6.07) is 1.44. The molecule has 0 bridgehead atoms. The first-order valence-electron chi connectivity index (χ1n) is 4.56. The van der Waals surface area contributed by atoms with Crippen LogP contribution in [-0.2, 0) is 11.3 Å². The van der Waals surface area contributed by atoms with Crippen LogP contribution < -0.4 is 11.1 Å². The van der Waals surface area contributed by atoms with Gasteiger partial charge >= 0.3 is 0 Å². The highest BCUT2D eigenvalue weighted by molar-refractivity contribution is 6.29. The predicted molar refractivity (Wildman–Crippen MR) is 60.1 cm³/mol. The van der Waals surface area contributed by atoms with Gasteiger partial charge in [-0.05, 0) is 0 Å². The molecule has 0 aromatic carbocycles. The van der Waals surface area contributed by atoms with Crippen LogP contribution in [-0.4, -0.2) is 30.6 Å². The molecule has 9 heteroatoms. The smallest absolute Gasteiger partial charge is 0.247 e. The van der Waals surface area contributed by atoms with Gasteiger partial charge < -0.3 is 11.1 Å². The molecule has 0 aliphatic heterocycles. The third kappa shape index (κ3) is 3.11. The van der Waals surface area contributed by atoms with Gasteiger partial charge in [-0.15, -0.1) is 5.10 Å². The van der Waals surface area contributed by atoms with Crippen LogP contribution in [0.3, 0.4) is 0 Å². The number of aromatic nitrogens is 5. The number of nitrogens with one attached hydrogen (secondary N) is 1. The van der Waals surface area contributed by atoms with Gasteiger partial charge in [-0.25, -0.2) is 19.6 Å². The minimum atomic E-state index is -0.315. The topological polar surface area (TPSA) is 112 Å². The number of nitrogens with zero attached hydrogens (tertiary/aromatic N) is 5. The summed E-state index contributed by atoms with van der Waals surface area (Å²) in [6.07, 6.45) is 2.62. The van der Waals surface area contributed by atoms with E-state index in [0.29, 0.717) is 5.82 Å². The molecule has 0 spiro atoms. The quantitative estimate of drug-likeness (QED) is 0.742. The molecular formula is C8H8ClN7O. The van der Waals surface area contributed by atoms with Crippen molar-refractivity contribution in [2.75, 3.05) is 11.1 Å². The normalized spacial score (nSPS) is 10.2. The Bertz CT molecular complexity index is 540. The van der Waals surface area contributed by atoms with Crippen LogP contribution in [0.2, 0.25) is 5.15 Å². The molecular weight excluding hydrogens is 246 g/mol. The summed E-state index contributed by atoms with van der Waals surface area (Å²) in [5.41, 5.74) is 5.31. The van der Waals surface area contributed by atoms with Crippen LogP contribution in [0, 0.1) is 0 Å². The van der Waals surface area contributed by atoms with Gasteiger partial charge in [-0.3, -0.25) is 4.79 Å². The zero-order chi connectivity index (χ0) is 12.3. The maximum absolute atomic E-state index is 11.6. The lowest BCUT2D eigenvalue weighted by Gasteiger charge is -2.03. The average molecular weight is 254 g/mol. The molecule has 0 aliphatic rings. The Morgan fingerprint density at radius 2 is 2.29 bits per heavy atom. The SMILES string of the molecule is Nc1ncn(CC(=O)Nc2cc(Cl)ncn2)n1. The number of hydrogen-bond donors (Lipinski definition) is 2. The van der Waals surface area contributed by atoms with Gasteiger partial charge in [0.2, 0.25) is 11.9 Å². The van der Waals surface area contributed by atoms with Crippen molar-refractivity contribution in [2.45, 2.75) is 6.54 Å². The molecule has 3 N–H and O–H groups in total. The molecule has 0 saturated carbocycles. The molecule has 17 heavy (non-hydrogen) atoms. The van der Waals surface area contributed by atoms with Crippen LogP contribution in [0.1, 0.15) is 0 Å². The van der Waals surface area contributed by atoms with Crippen molar-refractivity contribution in [3.05, 3.63) is 23.9 Å². The van der Waals surface area contributed by atoms with Gasteiger partial charge in [0.25, 0.3) is 0 Å². The van der Waals surface area contributed by atoms with Crippen molar-refractivity contribution in [3.63, 3.8) is 0 Å². The van der Waals surface area contributed by atoms with Crippen molar-refractivity contribution in [2.24, 2.45) is 0 Å². The summed E-state index contributed by atoms with van der Waals surface area (Å²) < 4.78 is 1.31. The number of nitrogens with two attached hydrogens (primary N) is 1. The lowest BCUT2D eigenvalue weighted by Crippen LogP contribution is -2.19. The maximum atomic E-state index is 11.6. The first kappa shape index (κ1) is 11.3. The number of nitrogen functional groups attached to an aromatic ring is 1. The number of carbonyl (C=O) groups is 1. The van der Waals surface area contributed by atoms with Crippen molar-refractivity contribution in [1.82, 2.24) is 24.7 Å². The highest BCUT2D eigenvalue weighted by Crippen LogP contribution is 2.08. The summed E-state index contributed by atoms with van der Waals surface area (Å²) in [6.45, 7) is -0.00811. The molecule has 2 aromatic rings. The molecule has 0 saturated heterocycles. The fraction of sp³-hybridized carbons (Fsp3) is 0.125. The number of anilines is 2. The van der Waals surface area contributed by atoms with E-state index in [1.54, 1.807) is 0 Å². The molecule has 2 heterocycles. The Morgan fingerprint density at radius 3 is 2.94 bits per heavy atom. The van der Waals surface area contributed by atoms with Gasteiger partial charge in [-0.1, -0.05) is 11.6 Å². The number of carbonyl (C=O) groups excluding carboxylic acids is 1. The fourth-order valence-corrected chi connectivity index (χ4v) is 1.26. The van der Waals surface area contributed by atoms with Crippen molar-refractivity contribution in [3.8, 4) is 0 Å². The van der Waals surface area contributed by atoms with E-state index < -0.39 is 0 Å². The third-order valence-corrected chi connectivity index (χ3v) is 1.97. The Balaban J connectivity index is 1.98. The van der Waals surface area contributed by atoms with Gasteiger partial charge in [0.1, 0.15) is 30.2 Å². The largest absolute Gasteiger partial charge is 0.367 e. The number of amides is 1. The van der Waals surface area contributed by atoms with E-state index in [2.05, 4.69) is 25.4 Å². The van der Waals surface area contributed by atoms with E-state index in [4.69, 9.17) is 17.3 Å².